The number of anilines is 2. The Bertz CT molecular complexity index is 1280. The third-order valence-electron chi connectivity index (χ3n) is 7.19. The first-order chi connectivity index (χ1) is 16.3. The molecule has 2 aromatic carbocycles. The van der Waals surface area contributed by atoms with Crippen LogP contribution >= 0.6 is 46.4 Å². The lowest BCUT2D eigenvalue weighted by Crippen LogP contribution is -2.54. The summed E-state index contributed by atoms with van der Waals surface area (Å²) in [4.78, 5) is 42.2. The summed E-state index contributed by atoms with van der Waals surface area (Å²) in [5, 5.41) is 17.2. The summed E-state index contributed by atoms with van der Waals surface area (Å²) in [6, 6.07) is 7.12. The molecule has 1 spiro atoms. The maximum atomic E-state index is 13.7. The van der Waals surface area contributed by atoms with Crippen molar-refractivity contribution in [2.45, 2.75) is 31.8 Å². The van der Waals surface area contributed by atoms with Gasteiger partial charge in [0.05, 0.1) is 16.6 Å². The Hall–Kier alpha value is -2.03. The van der Waals surface area contributed by atoms with Gasteiger partial charge in [-0.25, -0.2) is 0 Å². The Labute approximate surface area is 221 Å². The molecular formula is C24H21Cl4N3O4. The van der Waals surface area contributed by atoms with Gasteiger partial charge in [0.1, 0.15) is 11.5 Å². The summed E-state index contributed by atoms with van der Waals surface area (Å²) in [7, 11) is 0. The Balaban J connectivity index is 1.68. The molecule has 3 aliphatic heterocycles. The number of carboxylic acid groups (broad SMARTS) is 1. The van der Waals surface area contributed by atoms with Crippen molar-refractivity contribution in [2.75, 3.05) is 17.2 Å². The maximum Gasteiger partial charge on any atom is 0.310 e. The smallest absolute Gasteiger partial charge is 0.310 e. The number of aliphatic carboxylic acids is 1. The molecule has 2 fully saturated rings. The molecule has 0 saturated carbocycles. The summed E-state index contributed by atoms with van der Waals surface area (Å²) in [6.45, 7) is 4.46. The summed E-state index contributed by atoms with van der Waals surface area (Å²) in [6.07, 6.45) is 0.518. The quantitative estimate of drug-likeness (QED) is 0.462. The fourth-order valence-electron chi connectivity index (χ4n) is 6.12. The van der Waals surface area contributed by atoms with Crippen molar-refractivity contribution in [2.24, 2.45) is 17.3 Å². The van der Waals surface area contributed by atoms with Crippen LogP contribution in [-0.2, 0) is 19.9 Å². The average Bonchev–Trinajstić information content (AvgIpc) is 3.28. The number of halogens is 4. The molecule has 7 nitrogen and oxygen atoms in total. The molecule has 184 valence electrons. The van der Waals surface area contributed by atoms with E-state index in [1.54, 1.807) is 6.07 Å². The van der Waals surface area contributed by atoms with Crippen molar-refractivity contribution in [3.63, 3.8) is 0 Å². The number of carboxylic acids is 1. The standard InChI is InChI=1S/C24H21Cl4N3O4/c1-23(2)8-16-17(20(32)29-13-4-10(25)3-11(26)5-13)18(21(33)34)24(31(16)9-23)14-6-12(27)7-15(28)19(14)30-22(24)35/h3-7,16-18H,8-9H2,1-2H3,(H,29,32)(H,30,35)(H,33,34). The second kappa shape index (κ2) is 8.25. The number of hydrogen-bond acceptors (Lipinski definition) is 4. The molecule has 35 heavy (non-hydrogen) atoms. The normalized spacial score (nSPS) is 28.6. The zero-order valence-electron chi connectivity index (χ0n) is 18.7. The van der Waals surface area contributed by atoms with E-state index < -0.39 is 41.2 Å². The minimum absolute atomic E-state index is 0.207. The lowest BCUT2D eigenvalue weighted by atomic mass is 9.72. The van der Waals surface area contributed by atoms with Gasteiger partial charge in [-0.05, 0) is 42.2 Å². The average molecular weight is 557 g/mol. The zero-order valence-corrected chi connectivity index (χ0v) is 21.7. The minimum Gasteiger partial charge on any atom is -0.481 e. The summed E-state index contributed by atoms with van der Waals surface area (Å²) in [5.74, 6) is -4.78. The zero-order chi connectivity index (χ0) is 25.4. The Morgan fingerprint density at radius 2 is 1.69 bits per heavy atom. The second-order valence-corrected chi connectivity index (χ2v) is 11.8. The topological polar surface area (TPSA) is 98.7 Å². The van der Waals surface area contributed by atoms with Crippen LogP contribution in [0.2, 0.25) is 20.1 Å². The van der Waals surface area contributed by atoms with E-state index >= 15 is 0 Å². The molecule has 3 aliphatic rings. The highest BCUT2D eigenvalue weighted by Crippen LogP contribution is 2.61. The van der Waals surface area contributed by atoms with E-state index in [1.165, 1.54) is 24.3 Å². The Morgan fingerprint density at radius 1 is 1.06 bits per heavy atom. The van der Waals surface area contributed by atoms with Crippen LogP contribution in [-0.4, -0.2) is 40.4 Å². The van der Waals surface area contributed by atoms with Crippen molar-refractivity contribution < 1.29 is 19.5 Å². The summed E-state index contributed by atoms with van der Waals surface area (Å²) >= 11 is 24.9. The molecular weight excluding hydrogens is 536 g/mol. The summed E-state index contributed by atoms with van der Waals surface area (Å²) < 4.78 is 0. The van der Waals surface area contributed by atoms with Crippen LogP contribution in [0.15, 0.2) is 30.3 Å². The number of hydrogen-bond donors (Lipinski definition) is 3. The van der Waals surface area contributed by atoms with Crippen LogP contribution in [0, 0.1) is 17.3 Å². The SMILES string of the molecule is CC1(C)CC2C(C(=O)Nc3cc(Cl)cc(Cl)c3)C(C(=O)O)C3(C(=O)Nc4c(Cl)cc(Cl)cc43)N2C1. The van der Waals surface area contributed by atoms with Gasteiger partial charge in [-0.15, -0.1) is 0 Å². The van der Waals surface area contributed by atoms with Crippen molar-refractivity contribution in [3.05, 3.63) is 56.0 Å². The predicted molar refractivity (Wildman–Crippen MR) is 135 cm³/mol. The number of nitrogens with one attached hydrogen (secondary N) is 2. The van der Waals surface area contributed by atoms with Crippen LogP contribution in [0.3, 0.4) is 0 Å². The lowest BCUT2D eigenvalue weighted by molar-refractivity contribution is -0.152. The van der Waals surface area contributed by atoms with E-state index in [-0.39, 0.29) is 15.5 Å². The van der Waals surface area contributed by atoms with Crippen LogP contribution in [0.25, 0.3) is 0 Å². The fraction of sp³-hybridized carbons (Fsp3) is 0.375. The molecule has 2 saturated heterocycles. The molecule has 4 atom stereocenters. The van der Waals surface area contributed by atoms with Crippen molar-refractivity contribution in [1.82, 2.24) is 4.90 Å². The van der Waals surface area contributed by atoms with Gasteiger partial charge >= 0.3 is 5.97 Å². The van der Waals surface area contributed by atoms with Gasteiger partial charge < -0.3 is 15.7 Å². The van der Waals surface area contributed by atoms with Gasteiger partial charge in [-0.2, -0.15) is 0 Å². The number of carbonyl (C=O) groups excluding carboxylic acids is 2. The van der Waals surface area contributed by atoms with E-state index in [4.69, 9.17) is 46.4 Å². The minimum atomic E-state index is -1.65. The second-order valence-electron chi connectivity index (χ2n) is 10.1. The molecule has 3 N–H and O–H groups in total. The predicted octanol–water partition coefficient (Wildman–Crippen LogP) is 5.52. The van der Waals surface area contributed by atoms with Crippen LogP contribution in [0.1, 0.15) is 25.8 Å². The maximum absolute atomic E-state index is 13.7. The first-order valence-electron chi connectivity index (χ1n) is 10.9. The van der Waals surface area contributed by atoms with Gasteiger partial charge in [0, 0.05) is 38.9 Å². The molecule has 3 heterocycles. The molecule has 2 aromatic rings. The number of fused-ring (bicyclic) bond motifs is 4. The third kappa shape index (κ3) is 3.71. The monoisotopic (exact) mass is 555 g/mol. The van der Waals surface area contributed by atoms with Crippen molar-refractivity contribution in [1.29, 1.82) is 0 Å². The van der Waals surface area contributed by atoms with E-state index in [1.807, 2.05) is 18.7 Å². The van der Waals surface area contributed by atoms with E-state index in [9.17, 15) is 19.5 Å². The molecule has 0 aromatic heterocycles. The van der Waals surface area contributed by atoms with E-state index in [0.29, 0.717) is 39.9 Å². The summed E-state index contributed by atoms with van der Waals surface area (Å²) in [5.41, 5.74) is -0.898. The largest absolute Gasteiger partial charge is 0.481 e. The van der Waals surface area contributed by atoms with Gasteiger partial charge in [-0.3, -0.25) is 19.3 Å². The molecule has 11 heteroatoms. The van der Waals surface area contributed by atoms with Gasteiger partial charge in [0.2, 0.25) is 5.91 Å². The Morgan fingerprint density at radius 3 is 2.31 bits per heavy atom. The van der Waals surface area contributed by atoms with E-state index in [2.05, 4.69) is 10.6 Å². The lowest BCUT2D eigenvalue weighted by Gasteiger charge is -2.37. The molecule has 0 aliphatic carbocycles. The Kier molecular flexibility index (Phi) is 5.81. The van der Waals surface area contributed by atoms with Gasteiger partial charge in [0.15, 0.2) is 0 Å². The highest BCUT2D eigenvalue weighted by atomic mass is 35.5. The van der Waals surface area contributed by atoms with Crippen molar-refractivity contribution in [3.8, 4) is 0 Å². The highest BCUT2D eigenvalue weighted by Gasteiger charge is 2.73. The van der Waals surface area contributed by atoms with Crippen LogP contribution in [0.4, 0.5) is 11.4 Å². The molecule has 2 amide bonds. The molecule has 0 radical (unpaired) electrons. The van der Waals surface area contributed by atoms with Crippen LogP contribution < -0.4 is 10.6 Å². The van der Waals surface area contributed by atoms with Gasteiger partial charge in [-0.1, -0.05) is 60.3 Å². The number of amides is 2. The highest BCUT2D eigenvalue weighted by molar-refractivity contribution is 6.38. The van der Waals surface area contributed by atoms with E-state index in [0.717, 1.165) is 0 Å². The number of carbonyl (C=O) groups is 3. The fourth-order valence-corrected chi connectivity index (χ4v) is 7.19. The molecule has 4 unspecified atom stereocenters. The first kappa shape index (κ1) is 24.7. The van der Waals surface area contributed by atoms with Gasteiger partial charge in [0.25, 0.3) is 5.91 Å². The van der Waals surface area contributed by atoms with Crippen LogP contribution in [0.5, 0.6) is 0 Å². The first-order valence-corrected chi connectivity index (χ1v) is 12.4. The molecule has 0 bridgehead atoms. The number of benzene rings is 2. The third-order valence-corrected chi connectivity index (χ3v) is 8.14. The number of rotatable bonds is 3. The van der Waals surface area contributed by atoms with Crippen molar-refractivity contribution >= 4 is 75.6 Å². The molecule has 5 rings (SSSR count). The number of nitrogens with zero attached hydrogens (tertiary/aromatic N) is 1.